The number of Topliss-reactive ketones (excluding diaryl/α,β-unsaturated/α-hetero) is 1. The van der Waals surface area contributed by atoms with Gasteiger partial charge in [0, 0.05) is 10.2 Å². The summed E-state index contributed by atoms with van der Waals surface area (Å²) in [5, 5.41) is -0.555. The van der Waals surface area contributed by atoms with Crippen LogP contribution in [0.2, 0.25) is 0 Å². The van der Waals surface area contributed by atoms with Crippen LogP contribution in [0, 0.1) is 0 Å². The van der Waals surface area contributed by atoms with E-state index in [1.807, 2.05) is 0 Å². The SMILES string of the molecule is CC(Cl)C(=O)c1c(N)cccc1Br. The molecule has 1 aromatic carbocycles. The lowest BCUT2D eigenvalue weighted by Gasteiger charge is -2.07. The molecular formula is C9H9BrClNO. The van der Waals surface area contributed by atoms with Gasteiger partial charge in [0.25, 0.3) is 0 Å². The smallest absolute Gasteiger partial charge is 0.183 e. The number of alkyl halides is 1. The van der Waals surface area contributed by atoms with Gasteiger partial charge in [-0.15, -0.1) is 11.6 Å². The molecule has 0 spiro atoms. The van der Waals surface area contributed by atoms with Crippen molar-refractivity contribution in [1.82, 2.24) is 0 Å². The monoisotopic (exact) mass is 261 g/mol. The van der Waals surface area contributed by atoms with Gasteiger partial charge in [-0.25, -0.2) is 0 Å². The molecule has 4 heteroatoms. The summed E-state index contributed by atoms with van der Waals surface area (Å²) in [6.07, 6.45) is 0. The Morgan fingerprint density at radius 1 is 1.62 bits per heavy atom. The van der Waals surface area contributed by atoms with Crippen molar-refractivity contribution in [3.63, 3.8) is 0 Å². The summed E-state index contributed by atoms with van der Waals surface area (Å²) in [4.78, 5) is 11.5. The van der Waals surface area contributed by atoms with Crippen LogP contribution in [0.15, 0.2) is 22.7 Å². The third-order valence-electron chi connectivity index (χ3n) is 1.65. The van der Waals surface area contributed by atoms with E-state index in [9.17, 15) is 4.79 Å². The molecule has 0 aliphatic rings. The molecular weight excluding hydrogens is 253 g/mol. The van der Waals surface area contributed by atoms with Gasteiger partial charge >= 0.3 is 0 Å². The molecule has 0 aliphatic heterocycles. The summed E-state index contributed by atoms with van der Waals surface area (Å²) < 4.78 is 0.685. The molecule has 0 aromatic heterocycles. The lowest BCUT2D eigenvalue weighted by Crippen LogP contribution is -2.13. The van der Waals surface area contributed by atoms with Crippen molar-refractivity contribution in [2.75, 3.05) is 5.73 Å². The first kappa shape index (κ1) is 10.5. The second-order valence-electron chi connectivity index (χ2n) is 2.68. The molecule has 0 fully saturated rings. The first-order valence-corrected chi connectivity index (χ1v) is 4.99. The summed E-state index contributed by atoms with van der Waals surface area (Å²) >= 11 is 8.94. The zero-order valence-electron chi connectivity index (χ0n) is 7.05. The van der Waals surface area contributed by atoms with Gasteiger partial charge in [0.15, 0.2) is 5.78 Å². The first-order chi connectivity index (χ1) is 6.04. The van der Waals surface area contributed by atoms with Crippen molar-refractivity contribution in [2.24, 2.45) is 0 Å². The van der Waals surface area contributed by atoms with Crippen LogP contribution < -0.4 is 5.73 Å². The van der Waals surface area contributed by atoms with E-state index in [0.717, 1.165) is 0 Å². The molecule has 0 saturated heterocycles. The van der Waals surface area contributed by atoms with Crippen LogP contribution in [0.1, 0.15) is 17.3 Å². The van der Waals surface area contributed by atoms with Crippen LogP contribution in [0.4, 0.5) is 5.69 Å². The Morgan fingerprint density at radius 2 is 2.23 bits per heavy atom. The third-order valence-corrected chi connectivity index (χ3v) is 2.51. The van der Waals surface area contributed by atoms with Gasteiger partial charge in [-0.3, -0.25) is 4.79 Å². The fourth-order valence-electron chi connectivity index (χ4n) is 1.000. The molecule has 1 rings (SSSR count). The van der Waals surface area contributed by atoms with Gasteiger partial charge in [0.1, 0.15) is 0 Å². The molecule has 0 amide bonds. The van der Waals surface area contributed by atoms with Crippen LogP contribution in [-0.2, 0) is 0 Å². The number of carbonyl (C=O) groups is 1. The second-order valence-corrected chi connectivity index (χ2v) is 4.19. The molecule has 0 aliphatic carbocycles. The van der Waals surface area contributed by atoms with Crippen LogP contribution >= 0.6 is 27.5 Å². The summed E-state index contributed by atoms with van der Waals surface area (Å²) in [7, 11) is 0. The summed E-state index contributed by atoms with van der Waals surface area (Å²) in [5.41, 5.74) is 6.56. The van der Waals surface area contributed by atoms with E-state index >= 15 is 0 Å². The Kier molecular flexibility index (Phi) is 3.33. The molecule has 1 atom stereocenters. The van der Waals surface area contributed by atoms with Gasteiger partial charge in [0.2, 0.25) is 0 Å². The highest BCUT2D eigenvalue weighted by atomic mass is 79.9. The minimum Gasteiger partial charge on any atom is -0.398 e. The average Bonchev–Trinajstić information content (AvgIpc) is 2.03. The Hall–Kier alpha value is -0.540. The lowest BCUT2D eigenvalue weighted by molar-refractivity contribution is 0.0992. The van der Waals surface area contributed by atoms with Crippen molar-refractivity contribution in [3.8, 4) is 0 Å². The predicted octanol–water partition coefficient (Wildman–Crippen LogP) is 2.84. The van der Waals surface area contributed by atoms with E-state index in [0.29, 0.717) is 15.7 Å². The standard InChI is InChI=1S/C9H9BrClNO/c1-5(11)9(13)8-6(10)3-2-4-7(8)12/h2-5H,12H2,1H3. The Bertz CT molecular complexity index is 318. The maximum atomic E-state index is 11.5. The Labute approximate surface area is 90.2 Å². The quantitative estimate of drug-likeness (QED) is 0.506. The van der Waals surface area contributed by atoms with Crippen molar-refractivity contribution in [2.45, 2.75) is 12.3 Å². The first-order valence-electron chi connectivity index (χ1n) is 3.76. The molecule has 13 heavy (non-hydrogen) atoms. The summed E-state index contributed by atoms with van der Waals surface area (Å²) in [5.74, 6) is -0.161. The maximum Gasteiger partial charge on any atom is 0.183 e. The minimum absolute atomic E-state index is 0.161. The summed E-state index contributed by atoms with van der Waals surface area (Å²) in [6, 6.07) is 5.22. The van der Waals surface area contributed by atoms with E-state index in [4.69, 9.17) is 17.3 Å². The number of ketones is 1. The molecule has 2 nitrogen and oxygen atoms in total. The number of carbonyl (C=O) groups excluding carboxylic acids is 1. The Balaban J connectivity index is 3.20. The molecule has 1 aromatic rings. The lowest BCUT2D eigenvalue weighted by atomic mass is 10.1. The zero-order valence-corrected chi connectivity index (χ0v) is 9.39. The molecule has 70 valence electrons. The number of benzene rings is 1. The van der Waals surface area contributed by atoms with Crippen LogP contribution in [-0.4, -0.2) is 11.2 Å². The Morgan fingerprint density at radius 3 is 2.69 bits per heavy atom. The molecule has 1 unspecified atom stereocenters. The van der Waals surface area contributed by atoms with Crippen LogP contribution in [0.5, 0.6) is 0 Å². The van der Waals surface area contributed by atoms with Crippen molar-refractivity contribution in [3.05, 3.63) is 28.2 Å². The number of anilines is 1. The molecule has 2 N–H and O–H groups in total. The highest BCUT2D eigenvalue weighted by Gasteiger charge is 2.17. The van der Waals surface area contributed by atoms with Gasteiger partial charge in [0.05, 0.1) is 10.9 Å². The molecule has 0 heterocycles. The van der Waals surface area contributed by atoms with Gasteiger partial charge in [-0.1, -0.05) is 6.07 Å². The normalized spacial score (nSPS) is 12.5. The molecule has 0 radical (unpaired) electrons. The van der Waals surface area contributed by atoms with E-state index < -0.39 is 5.38 Å². The topological polar surface area (TPSA) is 43.1 Å². The van der Waals surface area contributed by atoms with Gasteiger partial charge < -0.3 is 5.73 Å². The predicted molar refractivity (Wildman–Crippen MR) is 58.2 cm³/mol. The minimum atomic E-state index is -0.555. The van der Waals surface area contributed by atoms with E-state index in [1.165, 1.54) is 0 Å². The van der Waals surface area contributed by atoms with E-state index in [-0.39, 0.29) is 5.78 Å². The fourth-order valence-corrected chi connectivity index (χ4v) is 1.69. The molecule has 0 saturated carbocycles. The zero-order chi connectivity index (χ0) is 10.0. The highest BCUT2D eigenvalue weighted by molar-refractivity contribution is 9.10. The number of halogens is 2. The molecule has 0 bridgehead atoms. The van der Waals surface area contributed by atoms with Crippen LogP contribution in [0.3, 0.4) is 0 Å². The van der Waals surface area contributed by atoms with E-state index in [2.05, 4.69) is 15.9 Å². The second kappa shape index (κ2) is 4.11. The summed E-state index contributed by atoms with van der Waals surface area (Å²) in [6.45, 7) is 1.63. The van der Waals surface area contributed by atoms with Crippen molar-refractivity contribution in [1.29, 1.82) is 0 Å². The van der Waals surface area contributed by atoms with Crippen molar-refractivity contribution >= 4 is 39.0 Å². The van der Waals surface area contributed by atoms with E-state index in [1.54, 1.807) is 25.1 Å². The highest BCUT2D eigenvalue weighted by Crippen LogP contribution is 2.24. The number of hydrogen-bond donors (Lipinski definition) is 1. The van der Waals surface area contributed by atoms with Gasteiger partial charge in [-0.05, 0) is 35.0 Å². The van der Waals surface area contributed by atoms with Crippen molar-refractivity contribution < 1.29 is 4.79 Å². The van der Waals surface area contributed by atoms with Gasteiger partial charge in [-0.2, -0.15) is 0 Å². The number of hydrogen-bond acceptors (Lipinski definition) is 2. The average molecular weight is 263 g/mol. The maximum absolute atomic E-state index is 11.5. The number of rotatable bonds is 2. The van der Waals surface area contributed by atoms with Crippen LogP contribution in [0.25, 0.3) is 0 Å². The fraction of sp³-hybridized carbons (Fsp3) is 0.222. The number of nitrogen functional groups attached to an aromatic ring is 1. The largest absolute Gasteiger partial charge is 0.398 e. The third kappa shape index (κ3) is 2.23. The number of nitrogens with two attached hydrogens (primary N) is 1.